The summed E-state index contributed by atoms with van der Waals surface area (Å²) in [6.45, 7) is 0. The molecule has 0 bridgehead atoms. The van der Waals surface area contributed by atoms with Gasteiger partial charge in [0.1, 0.15) is 10.1 Å². The maximum absolute atomic E-state index is 12.1. The molecule has 0 saturated heterocycles. The van der Waals surface area contributed by atoms with E-state index in [0.717, 1.165) is 11.3 Å². The fraction of sp³-hybridized carbons (Fsp3) is 0.154. The second-order valence-corrected chi connectivity index (χ2v) is 5.97. The minimum Gasteiger partial charge on any atom is -0.497 e. The number of thiophene rings is 1. The lowest BCUT2D eigenvalue weighted by Gasteiger charge is -2.03. The summed E-state index contributed by atoms with van der Waals surface area (Å²) in [4.78, 5) is 12.1. The van der Waals surface area contributed by atoms with E-state index in [1.54, 1.807) is 13.2 Å². The highest BCUT2D eigenvalue weighted by molar-refractivity contribution is 7.20. The van der Waals surface area contributed by atoms with Gasteiger partial charge in [-0.1, -0.05) is 35.3 Å². The van der Waals surface area contributed by atoms with Crippen LogP contribution >= 0.6 is 34.5 Å². The summed E-state index contributed by atoms with van der Waals surface area (Å²) in [6.07, 6.45) is 0.282. The number of halogens is 2. The van der Waals surface area contributed by atoms with Crippen LogP contribution in [-0.2, 0) is 6.42 Å². The van der Waals surface area contributed by atoms with Crippen molar-refractivity contribution < 1.29 is 9.53 Å². The number of benzene rings is 1. The van der Waals surface area contributed by atoms with Crippen molar-refractivity contribution in [1.82, 2.24) is 0 Å². The molecule has 0 atom stereocenters. The Balaban J connectivity index is 2.18. The number of rotatable bonds is 4. The van der Waals surface area contributed by atoms with E-state index in [1.807, 2.05) is 24.3 Å². The Morgan fingerprint density at radius 1 is 1.33 bits per heavy atom. The smallest absolute Gasteiger partial charge is 0.169 e. The lowest BCUT2D eigenvalue weighted by molar-refractivity contribution is 0.0993. The second-order valence-electron chi connectivity index (χ2n) is 3.69. The molecule has 0 radical (unpaired) electrons. The van der Waals surface area contributed by atoms with Crippen LogP contribution in [0.25, 0.3) is 0 Å². The number of ether oxygens (including phenoxy) is 1. The summed E-state index contributed by atoms with van der Waals surface area (Å²) in [6, 6.07) is 9.01. The maximum Gasteiger partial charge on any atom is 0.169 e. The number of Topliss-reactive ketones (excluding diaryl/α,β-unsaturated/α-hetero) is 1. The predicted octanol–water partition coefficient (Wildman–Crippen LogP) is 4.49. The van der Waals surface area contributed by atoms with Crippen molar-refractivity contribution in [3.63, 3.8) is 0 Å². The van der Waals surface area contributed by atoms with Crippen LogP contribution in [0.1, 0.15) is 15.9 Å². The number of hydrogen-bond acceptors (Lipinski definition) is 3. The highest BCUT2D eigenvalue weighted by Crippen LogP contribution is 2.32. The molecule has 5 heteroatoms. The first-order chi connectivity index (χ1) is 8.60. The Hall–Kier alpha value is -1.03. The molecule has 0 fully saturated rings. The molecule has 0 aliphatic heterocycles. The van der Waals surface area contributed by atoms with Crippen molar-refractivity contribution in [2.45, 2.75) is 6.42 Å². The van der Waals surface area contributed by atoms with Gasteiger partial charge in [-0.15, -0.1) is 11.3 Å². The zero-order valence-corrected chi connectivity index (χ0v) is 11.9. The van der Waals surface area contributed by atoms with Crippen molar-refractivity contribution in [1.29, 1.82) is 0 Å². The number of carbonyl (C=O) groups is 1. The predicted molar refractivity (Wildman–Crippen MR) is 75.4 cm³/mol. The topological polar surface area (TPSA) is 26.3 Å². The molecule has 2 nitrogen and oxygen atoms in total. The fourth-order valence-corrected chi connectivity index (χ4v) is 3.09. The van der Waals surface area contributed by atoms with Crippen molar-refractivity contribution in [2.24, 2.45) is 0 Å². The third-order valence-electron chi connectivity index (χ3n) is 2.46. The summed E-state index contributed by atoms with van der Waals surface area (Å²) in [5.41, 5.74) is 1.37. The number of carbonyl (C=O) groups excluding carboxylic acids is 1. The largest absolute Gasteiger partial charge is 0.497 e. The Kier molecular flexibility index (Phi) is 4.27. The zero-order chi connectivity index (χ0) is 13.1. The van der Waals surface area contributed by atoms with E-state index in [4.69, 9.17) is 27.9 Å². The van der Waals surface area contributed by atoms with Crippen LogP contribution < -0.4 is 4.74 Å². The second kappa shape index (κ2) is 5.74. The molecule has 0 amide bonds. The molecule has 0 spiro atoms. The van der Waals surface area contributed by atoms with E-state index in [0.29, 0.717) is 14.2 Å². The molecule has 2 aromatic rings. The number of hydrogen-bond donors (Lipinski definition) is 0. The van der Waals surface area contributed by atoms with Crippen LogP contribution in [0, 0.1) is 0 Å². The van der Waals surface area contributed by atoms with Gasteiger partial charge in [0.05, 0.1) is 11.4 Å². The van der Waals surface area contributed by atoms with Gasteiger partial charge in [-0.25, -0.2) is 0 Å². The van der Waals surface area contributed by atoms with E-state index in [9.17, 15) is 4.79 Å². The number of ketones is 1. The average molecular weight is 301 g/mol. The first-order valence-corrected chi connectivity index (χ1v) is 6.78. The standard InChI is InChI=1S/C13H10Cl2O2S/c1-17-9-4-2-3-8(5-9)6-11(16)10-7-12(14)18-13(10)15/h2-5,7H,6H2,1H3. The lowest BCUT2D eigenvalue weighted by Crippen LogP contribution is -2.02. The van der Waals surface area contributed by atoms with Crippen LogP contribution in [0.15, 0.2) is 30.3 Å². The fourth-order valence-electron chi connectivity index (χ4n) is 1.59. The molecule has 18 heavy (non-hydrogen) atoms. The normalized spacial score (nSPS) is 10.4. The minimum absolute atomic E-state index is 0.0450. The lowest BCUT2D eigenvalue weighted by atomic mass is 10.1. The molecule has 1 aromatic carbocycles. The summed E-state index contributed by atoms with van der Waals surface area (Å²) in [5.74, 6) is 0.686. The molecule has 0 unspecified atom stereocenters. The molecule has 0 saturated carbocycles. The highest BCUT2D eigenvalue weighted by Gasteiger charge is 2.14. The van der Waals surface area contributed by atoms with Crippen molar-refractivity contribution >= 4 is 40.3 Å². The van der Waals surface area contributed by atoms with E-state index in [1.165, 1.54) is 11.3 Å². The molecule has 94 valence electrons. The van der Waals surface area contributed by atoms with Gasteiger partial charge < -0.3 is 4.74 Å². The molecule has 0 N–H and O–H groups in total. The molecule has 0 aliphatic carbocycles. The molecular formula is C13H10Cl2O2S. The van der Waals surface area contributed by atoms with Gasteiger partial charge >= 0.3 is 0 Å². The van der Waals surface area contributed by atoms with Gasteiger partial charge in [0, 0.05) is 12.0 Å². The zero-order valence-electron chi connectivity index (χ0n) is 9.57. The average Bonchev–Trinajstić information content (AvgIpc) is 2.69. The third-order valence-corrected chi connectivity index (χ3v) is 3.94. The van der Waals surface area contributed by atoms with E-state index < -0.39 is 0 Å². The Bertz CT molecular complexity index is 578. The van der Waals surface area contributed by atoms with Gasteiger partial charge in [0.15, 0.2) is 5.78 Å². The summed E-state index contributed by atoms with van der Waals surface area (Å²) >= 11 is 13.0. The Morgan fingerprint density at radius 3 is 2.72 bits per heavy atom. The summed E-state index contributed by atoms with van der Waals surface area (Å²) in [5, 5.41) is 0. The number of methoxy groups -OCH3 is 1. The Morgan fingerprint density at radius 2 is 2.11 bits per heavy atom. The van der Waals surface area contributed by atoms with E-state index in [-0.39, 0.29) is 12.2 Å². The van der Waals surface area contributed by atoms with Crippen LogP contribution in [-0.4, -0.2) is 12.9 Å². The van der Waals surface area contributed by atoms with Gasteiger partial charge in [0.2, 0.25) is 0 Å². The Labute approximate surface area is 119 Å². The summed E-state index contributed by atoms with van der Waals surface area (Å²) in [7, 11) is 1.59. The highest BCUT2D eigenvalue weighted by atomic mass is 35.5. The van der Waals surface area contributed by atoms with Crippen LogP contribution in [0.2, 0.25) is 8.67 Å². The first kappa shape index (κ1) is 13.4. The maximum atomic E-state index is 12.1. The van der Waals surface area contributed by atoms with Crippen molar-refractivity contribution in [3.8, 4) is 5.75 Å². The first-order valence-electron chi connectivity index (χ1n) is 5.21. The molecule has 1 aromatic heterocycles. The molecule has 0 aliphatic rings. The van der Waals surface area contributed by atoms with Gasteiger partial charge in [-0.3, -0.25) is 4.79 Å². The van der Waals surface area contributed by atoms with E-state index in [2.05, 4.69) is 0 Å². The quantitative estimate of drug-likeness (QED) is 0.778. The third kappa shape index (κ3) is 3.05. The molecule has 2 rings (SSSR count). The van der Waals surface area contributed by atoms with E-state index >= 15 is 0 Å². The van der Waals surface area contributed by atoms with Gasteiger partial charge in [-0.2, -0.15) is 0 Å². The van der Waals surface area contributed by atoms with Crippen molar-refractivity contribution in [3.05, 3.63) is 50.1 Å². The molecular weight excluding hydrogens is 291 g/mol. The molecule has 1 heterocycles. The van der Waals surface area contributed by atoms with Gasteiger partial charge in [0.25, 0.3) is 0 Å². The van der Waals surface area contributed by atoms with Crippen LogP contribution in [0.5, 0.6) is 5.75 Å². The summed E-state index contributed by atoms with van der Waals surface area (Å²) < 4.78 is 6.07. The van der Waals surface area contributed by atoms with Crippen molar-refractivity contribution in [2.75, 3.05) is 7.11 Å². The SMILES string of the molecule is COc1cccc(CC(=O)c2cc(Cl)sc2Cl)c1. The monoisotopic (exact) mass is 300 g/mol. The van der Waals surface area contributed by atoms with Crippen LogP contribution in [0.4, 0.5) is 0 Å². The van der Waals surface area contributed by atoms with Crippen LogP contribution in [0.3, 0.4) is 0 Å². The van der Waals surface area contributed by atoms with Gasteiger partial charge in [-0.05, 0) is 23.8 Å². The minimum atomic E-state index is -0.0450.